The van der Waals surface area contributed by atoms with Gasteiger partial charge >= 0.3 is 0 Å². The van der Waals surface area contributed by atoms with Gasteiger partial charge in [0.1, 0.15) is 5.69 Å². The van der Waals surface area contributed by atoms with Gasteiger partial charge in [-0.2, -0.15) is 5.10 Å². The molecule has 0 bridgehead atoms. The van der Waals surface area contributed by atoms with Crippen LogP contribution in [-0.4, -0.2) is 22.9 Å². The van der Waals surface area contributed by atoms with Crippen molar-refractivity contribution < 1.29 is 14.3 Å². The monoisotopic (exact) mass is 244 g/mol. The molecular formula is C13H12N2O3. The van der Waals surface area contributed by atoms with E-state index in [-0.39, 0.29) is 6.79 Å². The SMILES string of the molecule is CCn1nc(-c2ccc3c(c2)OCO3)cc1C=O. The van der Waals surface area contributed by atoms with Crippen LogP contribution in [0.4, 0.5) is 0 Å². The Kier molecular flexibility index (Phi) is 2.51. The Bertz CT molecular complexity index is 604. The minimum atomic E-state index is 0.252. The molecule has 0 fully saturated rings. The van der Waals surface area contributed by atoms with Crippen LogP contribution in [0.25, 0.3) is 11.3 Å². The molecular weight excluding hydrogens is 232 g/mol. The second kappa shape index (κ2) is 4.18. The standard InChI is InChI=1S/C13H12N2O3/c1-2-15-10(7-16)6-11(14-15)9-3-4-12-13(5-9)18-8-17-12/h3-7H,2,8H2,1H3. The molecule has 1 aromatic heterocycles. The maximum absolute atomic E-state index is 10.9. The van der Waals surface area contributed by atoms with Crippen molar-refractivity contribution >= 4 is 6.29 Å². The number of hydrogen-bond acceptors (Lipinski definition) is 4. The molecule has 0 N–H and O–H groups in total. The lowest BCUT2D eigenvalue weighted by molar-refractivity contribution is 0.111. The topological polar surface area (TPSA) is 53.4 Å². The maximum atomic E-state index is 10.9. The summed E-state index contributed by atoms with van der Waals surface area (Å²) in [6.07, 6.45) is 0.812. The Morgan fingerprint density at radius 1 is 1.33 bits per heavy atom. The van der Waals surface area contributed by atoms with Gasteiger partial charge in [0.15, 0.2) is 17.8 Å². The number of aromatic nitrogens is 2. The smallest absolute Gasteiger partial charge is 0.231 e. The number of fused-ring (bicyclic) bond motifs is 1. The zero-order valence-electron chi connectivity index (χ0n) is 9.92. The molecule has 5 heteroatoms. The number of carbonyl (C=O) groups excluding carboxylic acids is 1. The lowest BCUT2D eigenvalue weighted by atomic mass is 10.1. The van der Waals surface area contributed by atoms with Crippen molar-refractivity contribution in [1.29, 1.82) is 0 Å². The summed E-state index contributed by atoms with van der Waals surface area (Å²) >= 11 is 0. The molecule has 0 radical (unpaired) electrons. The van der Waals surface area contributed by atoms with Crippen LogP contribution in [0.2, 0.25) is 0 Å². The molecule has 0 aliphatic carbocycles. The highest BCUT2D eigenvalue weighted by molar-refractivity contribution is 5.76. The molecule has 18 heavy (non-hydrogen) atoms. The first-order valence-corrected chi connectivity index (χ1v) is 5.75. The van der Waals surface area contributed by atoms with E-state index in [1.807, 2.05) is 25.1 Å². The van der Waals surface area contributed by atoms with Gasteiger partial charge in [-0.15, -0.1) is 0 Å². The molecule has 0 saturated carbocycles. The third-order valence-corrected chi connectivity index (χ3v) is 2.90. The molecule has 0 saturated heterocycles. The summed E-state index contributed by atoms with van der Waals surface area (Å²) in [5, 5.41) is 4.38. The van der Waals surface area contributed by atoms with Gasteiger partial charge in [0, 0.05) is 12.1 Å². The lowest BCUT2D eigenvalue weighted by Gasteiger charge is -1.99. The van der Waals surface area contributed by atoms with E-state index in [1.165, 1.54) is 0 Å². The van der Waals surface area contributed by atoms with Gasteiger partial charge in [-0.05, 0) is 31.2 Å². The van der Waals surface area contributed by atoms with Crippen molar-refractivity contribution in [3.63, 3.8) is 0 Å². The Balaban J connectivity index is 2.04. The van der Waals surface area contributed by atoms with E-state index in [1.54, 1.807) is 10.7 Å². The summed E-state index contributed by atoms with van der Waals surface area (Å²) in [5.74, 6) is 1.45. The molecule has 2 heterocycles. The zero-order chi connectivity index (χ0) is 12.5. The summed E-state index contributed by atoms with van der Waals surface area (Å²) in [6.45, 7) is 2.86. The van der Waals surface area contributed by atoms with E-state index >= 15 is 0 Å². The average molecular weight is 244 g/mol. The summed E-state index contributed by atoms with van der Waals surface area (Å²) in [6, 6.07) is 7.40. The van der Waals surface area contributed by atoms with Crippen molar-refractivity contribution in [2.45, 2.75) is 13.5 Å². The van der Waals surface area contributed by atoms with Crippen LogP contribution in [0.1, 0.15) is 17.4 Å². The summed E-state index contributed by atoms with van der Waals surface area (Å²) < 4.78 is 12.3. The largest absolute Gasteiger partial charge is 0.454 e. The highest BCUT2D eigenvalue weighted by atomic mass is 16.7. The number of carbonyl (C=O) groups is 1. The van der Waals surface area contributed by atoms with E-state index in [0.29, 0.717) is 18.0 Å². The number of benzene rings is 1. The summed E-state index contributed by atoms with van der Waals surface area (Å²) in [7, 11) is 0. The molecule has 0 spiro atoms. The molecule has 1 aliphatic rings. The lowest BCUT2D eigenvalue weighted by Crippen LogP contribution is -2.00. The Morgan fingerprint density at radius 2 is 2.17 bits per heavy atom. The first-order chi connectivity index (χ1) is 8.81. The first kappa shape index (κ1) is 10.8. The van der Waals surface area contributed by atoms with Crippen LogP contribution in [0.3, 0.4) is 0 Å². The number of rotatable bonds is 3. The first-order valence-electron chi connectivity index (χ1n) is 5.75. The molecule has 5 nitrogen and oxygen atoms in total. The minimum absolute atomic E-state index is 0.252. The molecule has 3 rings (SSSR count). The highest BCUT2D eigenvalue weighted by Crippen LogP contribution is 2.35. The van der Waals surface area contributed by atoms with Crippen molar-refractivity contribution in [3.8, 4) is 22.8 Å². The van der Waals surface area contributed by atoms with Gasteiger partial charge in [-0.3, -0.25) is 9.48 Å². The number of aldehydes is 1. The fourth-order valence-electron chi connectivity index (χ4n) is 1.98. The number of hydrogen-bond donors (Lipinski definition) is 0. The average Bonchev–Trinajstić information content (AvgIpc) is 3.03. The van der Waals surface area contributed by atoms with Crippen molar-refractivity contribution in [2.24, 2.45) is 0 Å². The van der Waals surface area contributed by atoms with Gasteiger partial charge in [0.2, 0.25) is 6.79 Å². The molecule has 0 amide bonds. The molecule has 0 unspecified atom stereocenters. The van der Waals surface area contributed by atoms with E-state index < -0.39 is 0 Å². The predicted octanol–water partition coefficient (Wildman–Crippen LogP) is 2.11. The molecule has 0 atom stereocenters. The van der Waals surface area contributed by atoms with Crippen LogP contribution >= 0.6 is 0 Å². The van der Waals surface area contributed by atoms with Crippen LogP contribution in [-0.2, 0) is 6.54 Å². The summed E-state index contributed by atoms with van der Waals surface area (Å²) in [4.78, 5) is 10.9. The van der Waals surface area contributed by atoms with Crippen LogP contribution in [0, 0.1) is 0 Å². The Morgan fingerprint density at radius 3 is 2.89 bits per heavy atom. The third-order valence-electron chi connectivity index (χ3n) is 2.90. The fourth-order valence-corrected chi connectivity index (χ4v) is 1.98. The van der Waals surface area contributed by atoms with Crippen molar-refractivity contribution in [3.05, 3.63) is 30.0 Å². The quantitative estimate of drug-likeness (QED) is 0.776. The van der Waals surface area contributed by atoms with Crippen LogP contribution in [0.5, 0.6) is 11.5 Å². The number of ether oxygens (including phenoxy) is 2. The van der Waals surface area contributed by atoms with Crippen molar-refractivity contribution in [1.82, 2.24) is 9.78 Å². The fraction of sp³-hybridized carbons (Fsp3) is 0.231. The minimum Gasteiger partial charge on any atom is -0.454 e. The molecule has 92 valence electrons. The van der Waals surface area contributed by atoms with Crippen molar-refractivity contribution in [2.75, 3.05) is 6.79 Å². The van der Waals surface area contributed by atoms with Gasteiger partial charge in [0.25, 0.3) is 0 Å². The summed E-state index contributed by atoms with van der Waals surface area (Å²) in [5.41, 5.74) is 2.25. The molecule has 1 aromatic carbocycles. The molecule has 1 aliphatic heterocycles. The van der Waals surface area contributed by atoms with E-state index in [9.17, 15) is 4.79 Å². The van der Waals surface area contributed by atoms with Crippen LogP contribution in [0.15, 0.2) is 24.3 Å². The third kappa shape index (κ3) is 1.64. The van der Waals surface area contributed by atoms with Gasteiger partial charge < -0.3 is 9.47 Å². The van der Waals surface area contributed by atoms with Crippen LogP contribution < -0.4 is 9.47 Å². The van der Waals surface area contributed by atoms with Gasteiger partial charge in [-0.25, -0.2) is 0 Å². The van der Waals surface area contributed by atoms with E-state index in [2.05, 4.69) is 5.10 Å². The normalized spacial score (nSPS) is 12.7. The second-order valence-electron chi connectivity index (χ2n) is 3.96. The number of aryl methyl sites for hydroxylation is 1. The Hall–Kier alpha value is -2.30. The zero-order valence-corrected chi connectivity index (χ0v) is 9.92. The number of nitrogens with zero attached hydrogens (tertiary/aromatic N) is 2. The van der Waals surface area contributed by atoms with E-state index in [4.69, 9.17) is 9.47 Å². The second-order valence-corrected chi connectivity index (χ2v) is 3.96. The Labute approximate surface area is 104 Å². The highest BCUT2D eigenvalue weighted by Gasteiger charge is 2.15. The van der Waals surface area contributed by atoms with E-state index in [0.717, 1.165) is 23.3 Å². The maximum Gasteiger partial charge on any atom is 0.231 e. The predicted molar refractivity (Wildman–Crippen MR) is 64.8 cm³/mol. The van der Waals surface area contributed by atoms with Gasteiger partial charge in [-0.1, -0.05) is 0 Å². The molecule has 2 aromatic rings. The van der Waals surface area contributed by atoms with Gasteiger partial charge in [0.05, 0.1) is 5.69 Å².